The van der Waals surface area contributed by atoms with Gasteiger partial charge in [0.2, 0.25) is 12.2 Å². The van der Waals surface area contributed by atoms with Crippen molar-refractivity contribution in [2.45, 2.75) is 13.5 Å². The van der Waals surface area contributed by atoms with E-state index >= 15 is 0 Å². The van der Waals surface area contributed by atoms with Crippen LogP contribution in [0.3, 0.4) is 0 Å². The van der Waals surface area contributed by atoms with E-state index < -0.39 is 0 Å². The molecule has 0 amide bonds. The van der Waals surface area contributed by atoms with Gasteiger partial charge < -0.3 is 14.0 Å². The molecule has 2 heterocycles. The van der Waals surface area contributed by atoms with Gasteiger partial charge in [-0.2, -0.15) is 0 Å². The number of nitrogens with zero attached hydrogens (tertiary/aromatic N) is 1. The number of carbonyl (C=O) groups is 1. The Morgan fingerprint density at radius 2 is 1.77 bits per heavy atom. The van der Waals surface area contributed by atoms with E-state index in [0.717, 1.165) is 16.6 Å². The molecule has 0 spiro atoms. The Morgan fingerprint density at radius 3 is 2.60 bits per heavy atom. The zero-order chi connectivity index (χ0) is 20.7. The fourth-order valence-corrected chi connectivity index (χ4v) is 3.78. The molecule has 5 rings (SSSR count). The van der Waals surface area contributed by atoms with Crippen LogP contribution in [0.2, 0.25) is 0 Å². The molecule has 1 aliphatic rings. The second-order valence-electron chi connectivity index (χ2n) is 7.40. The standard InChI is InChI=1S/C25H19NO4/c1-16-7-9-21-19(11-16)25(28)20(14-26(21)13-17-5-3-2-4-6-17)24(27)18-8-10-22-23(12-18)30-15-29-22/h2-12,14H,13,15H2,1H3. The number of aryl methyl sites for hydroxylation is 1. The van der Waals surface area contributed by atoms with Crippen LogP contribution in [0.15, 0.2) is 77.7 Å². The van der Waals surface area contributed by atoms with Gasteiger partial charge in [0.25, 0.3) is 0 Å². The molecule has 0 atom stereocenters. The topological polar surface area (TPSA) is 57.5 Å². The maximum Gasteiger partial charge on any atom is 0.231 e. The molecule has 4 aromatic rings. The van der Waals surface area contributed by atoms with Crippen LogP contribution >= 0.6 is 0 Å². The van der Waals surface area contributed by atoms with Gasteiger partial charge in [0.1, 0.15) is 0 Å². The predicted molar refractivity (Wildman–Crippen MR) is 114 cm³/mol. The maximum atomic E-state index is 13.3. The number of aromatic nitrogens is 1. The zero-order valence-corrected chi connectivity index (χ0v) is 16.4. The van der Waals surface area contributed by atoms with Crippen LogP contribution < -0.4 is 14.9 Å². The molecule has 30 heavy (non-hydrogen) atoms. The lowest BCUT2D eigenvalue weighted by molar-refractivity contribution is 0.103. The Bertz CT molecular complexity index is 1340. The van der Waals surface area contributed by atoms with E-state index in [4.69, 9.17) is 9.47 Å². The average Bonchev–Trinajstić information content (AvgIpc) is 3.24. The lowest BCUT2D eigenvalue weighted by Crippen LogP contribution is -2.20. The zero-order valence-electron chi connectivity index (χ0n) is 16.4. The number of carbonyl (C=O) groups excluding carboxylic acids is 1. The Kier molecular flexibility index (Phi) is 4.36. The Balaban J connectivity index is 1.67. The summed E-state index contributed by atoms with van der Waals surface area (Å²) < 4.78 is 12.7. The van der Waals surface area contributed by atoms with Gasteiger partial charge in [0, 0.05) is 23.7 Å². The predicted octanol–water partition coefficient (Wildman–Crippen LogP) is 4.32. The molecule has 0 radical (unpaired) electrons. The third-order valence-corrected chi connectivity index (χ3v) is 5.31. The van der Waals surface area contributed by atoms with E-state index in [1.165, 1.54) is 0 Å². The summed E-state index contributed by atoms with van der Waals surface area (Å²) in [5.41, 5.74) is 3.14. The number of rotatable bonds is 4. The van der Waals surface area contributed by atoms with Gasteiger partial charge in [-0.05, 0) is 42.8 Å². The number of benzene rings is 3. The first-order valence-electron chi connectivity index (χ1n) is 9.72. The van der Waals surface area contributed by atoms with Gasteiger partial charge in [-0.15, -0.1) is 0 Å². The summed E-state index contributed by atoms with van der Waals surface area (Å²) in [5, 5.41) is 0.539. The molecular formula is C25H19NO4. The minimum absolute atomic E-state index is 0.131. The summed E-state index contributed by atoms with van der Waals surface area (Å²) >= 11 is 0. The van der Waals surface area contributed by atoms with E-state index in [-0.39, 0.29) is 23.6 Å². The van der Waals surface area contributed by atoms with Crippen LogP contribution in [0.5, 0.6) is 11.5 Å². The number of hydrogen-bond donors (Lipinski definition) is 0. The normalized spacial score (nSPS) is 12.3. The first-order valence-corrected chi connectivity index (χ1v) is 9.72. The largest absolute Gasteiger partial charge is 0.454 e. The van der Waals surface area contributed by atoms with E-state index in [2.05, 4.69) is 0 Å². The van der Waals surface area contributed by atoms with Crippen molar-refractivity contribution >= 4 is 16.7 Å². The minimum atomic E-state index is -0.330. The highest BCUT2D eigenvalue weighted by molar-refractivity contribution is 6.10. The van der Waals surface area contributed by atoms with Crippen molar-refractivity contribution in [3.63, 3.8) is 0 Å². The fourth-order valence-electron chi connectivity index (χ4n) is 3.78. The quantitative estimate of drug-likeness (QED) is 0.481. The Labute approximate surface area is 173 Å². The van der Waals surface area contributed by atoms with E-state index in [1.54, 1.807) is 24.4 Å². The van der Waals surface area contributed by atoms with E-state index in [0.29, 0.717) is 29.0 Å². The molecule has 0 saturated carbocycles. The van der Waals surface area contributed by atoms with Gasteiger partial charge in [0.15, 0.2) is 17.3 Å². The molecule has 0 N–H and O–H groups in total. The number of ether oxygens (including phenoxy) is 2. The molecule has 0 bridgehead atoms. The molecule has 5 heteroatoms. The lowest BCUT2D eigenvalue weighted by Gasteiger charge is -2.14. The van der Waals surface area contributed by atoms with Gasteiger partial charge in [-0.25, -0.2) is 0 Å². The van der Waals surface area contributed by atoms with Crippen LogP contribution in [0.25, 0.3) is 10.9 Å². The van der Waals surface area contributed by atoms with Gasteiger partial charge in [-0.3, -0.25) is 9.59 Å². The average molecular weight is 397 g/mol. The van der Waals surface area contributed by atoms with Crippen LogP contribution in [0, 0.1) is 6.92 Å². The van der Waals surface area contributed by atoms with Crippen LogP contribution in [0.1, 0.15) is 27.0 Å². The molecule has 1 aromatic heterocycles. The Morgan fingerprint density at radius 1 is 0.967 bits per heavy atom. The Hall–Kier alpha value is -3.86. The summed E-state index contributed by atoms with van der Waals surface area (Å²) in [6, 6.07) is 20.7. The number of hydrogen-bond acceptors (Lipinski definition) is 4. The highest BCUT2D eigenvalue weighted by Gasteiger charge is 2.21. The highest BCUT2D eigenvalue weighted by Crippen LogP contribution is 2.33. The van der Waals surface area contributed by atoms with Gasteiger partial charge in [0.05, 0.1) is 11.1 Å². The summed E-state index contributed by atoms with van der Waals surface area (Å²) in [5.74, 6) is 0.785. The second-order valence-corrected chi connectivity index (χ2v) is 7.40. The van der Waals surface area contributed by atoms with Crippen LogP contribution in [-0.4, -0.2) is 17.1 Å². The van der Waals surface area contributed by atoms with Crippen molar-refractivity contribution in [3.8, 4) is 11.5 Å². The summed E-state index contributed by atoms with van der Waals surface area (Å²) in [4.78, 5) is 26.5. The van der Waals surface area contributed by atoms with Crippen molar-refractivity contribution in [3.05, 3.63) is 105 Å². The SMILES string of the molecule is Cc1ccc2c(c1)c(=O)c(C(=O)c1ccc3c(c1)OCO3)cn2Cc1ccccc1. The van der Waals surface area contributed by atoms with E-state index in [9.17, 15) is 9.59 Å². The third-order valence-electron chi connectivity index (χ3n) is 5.31. The first kappa shape index (κ1) is 18.2. The second kappa shape index (κ2) is 7.19. The molecule has 0 fully saturated rings. The molecule has 3 aromatic carbocycles. The van der Waals surface area contributed by atoms with E-state index in [1.807, 2.05) is 60.0 Å². The molecule has 0 saturated heterocycles. The highest BCUT2D eigenvalue weighted by atomic mass is 16.7. The molecular weight excluding hydrogens is 378 g/mol. The fraction of sp³-hybridized carbons (Fsp3) is 0.120. The minimum Gasteiger partial charge on any atom is -0.454 e. The summed E-state index contributed by atoms with van der Waals surface area (Å²) in [6.07, 6.45) is 1.67. The maximum absolute atomic E-state index is 13.3. The number of ketones is 1. The molecule has 0 unspecified atom stereocenters. The van der Waals surface area contributed by atoms with Crippen LogP contribution in [-0.2, 0) is 6.54 Å². The van der Waals surface area contributed by atoms with Crippen LogP contribution in [0.4, 0.5) is 0 Å². The lowest BCUT2D eigenvalue weighted by atomic mass is 10.0. The molecule has 5 nitrogen and oxygen atoms in total. The van der Waals surface area contributed by atoms with Crippen molar-refractivity contribution < 1.29 is 14.3 Å². The smallest absolute Gasteiger partial charge is 0.231 e. The first-order chi connectivity index (χ1) is 14.6. The number of pyridine rings is 1. The van der Waals surface area contributed by atoms with Crippen molar-refractivity contribution in [1.82, 2.24) is 4.57 Å². The number of fused-ring (bicyclic) bond motifs is 2. The van der Waals surface area contributed by atoms with Crippen molar-refractivity contribution in [2.75, 3.05) is 6.79 Å². The summed E-state index contributed by atoms with van der Waals surface area (Å²) in [6.45, 7) is 2.63. The molecule has 148 valence electrons. The monoisotopic (exact) mass is 397 g/mol. The third kappa shape index (κ3) is 3.14. The summed E-state index contributed by atoms with van der Waals surface area (Å²) in [7, 11) is 0. The van der Waals surface area contributed by atoms with Gasteiger partial charge in [-0.1, -0.05) is 42.0 Å². The van der Waals surface area contributed by atoms with Crippen molar-refractivity contribution in [1.29, 1.82) is 0 Å². The molecule has 1 aliphatic heterocycles. The van der Waals surface area contributed by atoms with Crippen molar-refractivity contribution in [2.24, 2.45) is 0 Å². The van der Waals surface area contributed by atoms with Gasteiger partial charge >= 0.3 is 0 Å². The molecule has 0 aliphatic carbocycles.